The van der Waals surface area contributed by atoms with Gasteiger partial charge in [0.25, 0.3) is 5.91 Å². The Labute approximate surface area is 153 Å². The van der Waals surface area contributed by atoms with Crippen molar-refractivity contribution in [3.8, 4) is 0 Å². The van der Waals surface area contributed by atoms with Crippen molar-refractivity contribution >= 4 is 29.9 Å². The molecule has 0 aliphatic carbocycles. The van der Waals surface area contributed by atoms with Crippen LogP contribution in [0, 0.1) is 5.92 Å². The Kier molecular flexibility index (Phi) is 7.09. The van der Waals surface area contributed by atoms with Crippen LogP contribution in [0.5, 0.6) is 0 Å². The van der Waals surface area contributed by atoms with Gasteiger partial charge in [0.1, 0.15) is 0 Å². The molecule has 1 aromatic heterocycles. The maximum atomic E-state index is 12.2. The van der Waals surface area contributed by atoms with Crippen LogP contribution in [0.1, 0.15) is 28.8 Å². The van der Waals surface area contributed by atoms with Crippen molar-refractivity contribution in [1.29, 1.82) is 0 Å². The minimum Gasteiger partial charge on any atom is -0.352 e. The summed E-state index contributed by atoms with van der Waals surface area (Å²) in [7, 11) is 0. The van der Waals surface area contributed by atoms with Crippen molar-refractivity contribution in [3.05, 3.63) is 52.8 Å². The number of nitrogens with one attached hydrogen (secondary N) is 2. The third-order valence-corrected chi connectivity index (χ3v) is 4.50. The summed E-state index contributed by atoms with van der Waals surface area (Å²) in [6, 6.07) is 7.65. The van der Waals surface area contributed by atoms with E-state index in [0.717, 1.165) is 18.7 Å². The number of amides is 1. The van der Waals surface area contributed by atoms with Gasteiger partial charge in [-0.1, -0.05) is 29.8 Å². The summed E-state index contributed by atoms with van der Waals surface area (Å²) < 4.78 is 1.73. The summed E-state index contributed by atoms with van der Waals surface area (Å²) in [5, 5.41) is 11.3. The van der Waals surface area contributed by atoms with E-state index in [4.69, 9.17) is 11.6 Å². The molecule has 2 heterocycles. The van der Waals surface area contributed by atoms with Crippen molar-refractivity contribution in [2.24, 2.45) is 5.92 Å². The largest absolute Gasteiger partial charge is 0.352 e. The first kappa shape index (κ1) is 18.8. The predicted octanol–water partition coefficient (Wildman–Crippen LogP) is 2.74. The summed E-state index contributed by atoms with van der Waals surface area (Å²) in [5.74, 6) is 0.451. The number of benzene rings is 1. The first-order chi connectivity index (χ1) is 11.2. The molecule has 1 aliphatic rings. The van der Waals surface area contributed by atoms with Crippen molar-refractivity contribution in [2.45, 2.75) is 19.4 Å². The highest BCUT2D eigenvalue weighted by Crippen LogP contribution is 2.16. The smallest absolute Gasteiger partial charge is 0.254 e. The summed E-state index contributed by atoms with van der Waals surface area (Å²) in [6.45, 7) is 3.33. The summed E-state index contributed by atoms with van der Waals surface area (Å²) in [5.41, 5.74) is 1.57. The van der Waals surface area contributed by atoms with Gasteiger partial charge in [0.15, 0.2) is 0 Å². The highest BCUT2D eigenvalue weighted by atomic mass is 35.5. The van der Waals surface area contributed by atoms with Gasteiger partial charge in [0, 0.05) is 17.8 Å². The number of hydrogen-bond donors (Lipinski definition) is 2. The van der Waals surface area contributed by atoms with Gasteiger partial charge < -0.3 is 10.6 Å². The molecule has 5 nitrogen and oxygen atoms in total. The normalized spacial score (nSPS) is 17.1. The number of carbonyl (C=O) groups excluding carboxylic acids is 1. The second-order valence-corrected chi connectivity index (χ2v) is 6.35. The van der Waals surface area contributed by atoms with E-state index in [1.165, 1.54) is 12.8 Å². The molecule has 2 N–H and O–H groups in total. The molecule has 1 fully saturated rings. The van der Waals surface area contributed by atoms with Crippen LogP contribution in [-0.4, -0.2) is 35.3 Å². The average Bonchev–Trinajstić information content (AvgIpc) is 3.04. The van der Waals surface area contributed by atoms with Crippen LogP contribution in [0.25, 0.3) is 0 Å². The molecular formula is C17H22Cl2N4O. The maximum Gasteiger partial charge on any atom is 0.254 e. The van der Waals surface area contributed by atoms with E-state index in [1.54, 1.807) is 17.1 Å². The molecule has 7 heteroatoms. The van der Waals surface area contributed by atoms with Gasteiger partial charge in [-0.2, -0.15) is 5.10 Å². The molecule has 3 rings (SSSR count). The van der Waals surface area contributed by atoms with E-state index in [2.05, 4.69) is 15.7 Å². The molecule has 1 amide bonds. The molecule has 0 spiro atoms. The molecule has 1 atom stereocenters. The number of halogens is 2. The Morgan fingerprint density at radius 2 is 2.25 bits per heavy atom. The van der Waals surface area contributed by atoms with Gasteiger partial charge in [-0.3, -0.25) is 9.48 Å². The Morgan fingerprint density at radius 3 is 3.00 bits per heavy atom. The molecule has 1 aromatic carbocycles. The lowest BCUT2D eigenvalue weighted by molar-refractivity contribution is 0.0944. The van der Waals surface area contributed by atoms with E-state index >= 15 is 0 Å². The Hall–Kier alpha value is -1.56. The van der Waals surface area contributed by atoms with Gasteiger partial charge in [-0.05, 0) is 43.5 Å². The van der Waals surface area contributed by atoms with E-state index < -0.39 is 0 Å². The van der Waals surface area contributed by atoms with Crippen LogP contribution in [-0.2, 0) is 6.54 Å². The second-order valence-electron chi connectivity index (χ2n) is 5.94. The fourth-order valence-corrected chi connectivity index (χ4v) is 3.00. The zero-order valence-electron chi connectivity index (χ0n) is 13.4. The van der Waals surface area contributed by atoms with Crippen LogP contribution in [0.15, 0.2) is 36.7 Å². The predicted molar refractivity (Wildman–Crippen MR) is 98.0 cm³/mol. The number of hydrogen-bond acceptors (Lipinski definition) is 3. The minimum atomic E-state index is -0.0685. The fraction of sp³-hybridized carbons (Fsp3) is 0.412. The third kappa shape index (κ3) is 4.97. The molecule has 0 saturated carbocycles. The SMILES string of the molecule is Cl.O=C(NCC1CCCNC1)c1cnn(Cc2ccccc2Cl)c1. The van der Waals surface area contributed by atoms with Crippen LogP contribution >= 0.6 is 24.0 Å². The summed E-state index contributed by atoms with van der Waals surface area (Å²) >= 11 is 6.15. The van der Waals surface area contributed by atoms with E-state index in [-0.39, 0.29) is 18.3 Å². The Morgan fingerprint density at radius 1 is 1.42 bits per heavy atom. The number of aromatic nitrogens is 2. The molecule has 24 heavy (non-hydrogen) atoms. The van der Waals surface area contributed by atoms with Gasteiger partial charge in [0.2, 0.25) is 0 Å². The lowest BCUT2D eigenvalue weighted by atomic mass is 10.00. The minimum absolute atomic E-state index is 0. The zero-order valence-corrected chi connectivity index (χ0v) is 14.9. The number of nitrogens with zero attached hydrogens (tertiary/aromatic N) is 2. The second kappa shape index (κ2) is 9.06. The van der Waals surface area contributed by atoms with Crippen LogP contribution in [0.2, 0.25) is 5.02 Å². The van der Waals surface area contributed by atoms with Crippen molar-refractivity contribution in [2.75, 3.05) is 19.6 Å². The average molecular weight is 369 g/mol. The Balaban J connectivity index is 0.00000208. The lowest BCUT2D eigenvalue weighted by Gasteiger charge is -2.22. The van der Waals surface area contributed by atoms with Gasteiger partial charge in [0.05, 0.1) is 18.3 Å². The van der Waals surface area contributed by atoms with Crippen LogP contribution in [0.3, 0.4) is 0 Å². The molecule has 130 valence electrons. The molecule has 0 radical (unpaired) electrons. The van der Waals surface area contributed by atoms with Crippen LogP contribution in [0.4, 0.5) is 0 Å². The van der Waals surface area contributed by atoms with Gasteiger partial charge in [-0.25, -0.2) is 0 Å². The zero-order chi connectivity index (χ0) is 16.1. The third-order valence-electron chi connectivity index (χ3n) is 4.14. The molecule has 1 saturated heterocycles. The molecule has 1 aliphatic heterocycles. The standard InChI is InChI=1S/C17H21ClN4O.ClH/c18-16-6-2-1-5-14(16)11-22-12-15(10-21-22)17(23)20-9-13-4-3-7-19-8-13;/h1-2,5-6,10,12-13,19H,3-4,7-9,11H2,(H,20,23);1H. The van der Waals surface area contributed by atoms with E-state index in [0.29, 0.717) is 29.6 Å². The lowest BCUT2D eigenvalue weighted by Crippen LogP contribution is -2.38. The van der Waals surface area contributed by atoms with Crippen molar-refractivity contribution in [3.63, 3.8) is 0 Å². The first-order valence-corrected chi connectivity index (χ1v) is 8.35. The molecule has 1 unspecified atom stereocenters. The van der Waals surface area contributed by atoms with Crippen molar-refractivity contribution < 1.29 is 4.79 Å². The highest BCUT2D eigenvalue weighted by molar-refractivity contribution is 6.31. The van der Waals surface area contributed by atoms with E-state index in [1.807, 2.05) is 24.3 Å². The van der Waals surface area contributed by atoms with Crippen molar-refractivity contribution in [1.82, 2.24) is 20.4 Å². The van der Waals surface area contributed by atoms with Gasteiger partial charge in [-0.15, -0.1) is 12.4 Å². The maximum absolute atomic E-state index is 12.2. The number of piperidine rings is 1. The summed E-state index contributed by atoms with van der Waals surface area (Å²) in [6.07, 6.45) is 5.71. The number of rotatable bonds is 5. The highest BCUT2D eigenvalue weighted by Gasteiger charge is 2.15. The first-order valence-electron chi connectivity index (χ1n) is 7.97. The van der Waals surface area contributed by atoms with E-state index in [9.17, 15) is 4.79 Å². The van der Waals surface area contributed by atoms with Gasteiger partial charge >= 0.3 is 0 Å². The summed E-state index contributed by atoms with van der Waals surface area (Å²) in [4.78, 5) is 12.2. The molecular weight excluding hydrogens is 347 g/mol. The number of carbonyl (C=O) groups is 1. The molecule has 0 bridgehead atoms. The topological polar surface area (TPSA) is 59.0 Å². The quantitative estimate of drug-likeness (QED) is 0.852. The van der Waals surface area contributed by atoms with Crippen LogP contribution < -0.4 is 10.6 Å². The Bertz CT molecular complexity index is 668. The monoisotopic (exact) mass is 368 g/mol. The fourth-order valence-electron chi connectivity index (χ4n) is 2.81. The molecule has 2 aromatic rings.